The lowest BCUT2D eigenvalue weighted by atomic mass is 10.4. The van der Waals surface area contributed by atoms with Gasteiger partial charge in [0.25, 0.3) is 0 Å². The smallest absolute Gasteiger partial charge is 0.0624 e. The van der Waals surface area contributed by atoms with Crippen molar-refractivity contribution >= 4 is 22.6 Å². The molecule has 0 amide bonds. The maximum Gasteiger partial charge on any atom is 0.0624 e. The number of thioether (sulfide) groups is 1. The average Bonchev–Trinajstić information content (AvgIpc) is 2.57. The third-order valence-corrected chi connectivity index (χ3v) is 5.82. The summed E-state index contributed by atoms with van der Waals surface area (Å²) in [5.41, 5.74) is 0. The Balaban J connectivity index is 2.02. The Labute approximate surface area is 54.7 Å². The summed E-state index contributed by atoms with van der Waals surface area (Å²) < 4.78 is 10.8. The first-order valence-electron chi connectivity index (χ1n) is 2.93. The normalized spacial score (nSPS) is 73.8. The summed E-state index contributed by atoms with van der Waals surface area (Å²) in [5, 5.41) is 3.11. The van der Waals surface area contributed by atoms with Crippen LogP contribution >= 0.6 is 11.8 Å². The molecule has 3 heteroatoms. The van der Waals surface area contributed by atoms with Gasteiger partial charge < -0.3 is 0 Å². The van der Waals surface area contributed by atoms with E-state index in [0.29, 0.717) is 10.5 Å². The third kappa shape index (κ3) is 0.328. The Hall–Kier alpha value is 0.500. The highest BCUT2D eigenvalue weighted by Gasteiger charge is 2.68. The Morgan fingerprint density at radius 2 is 2.50 bits per heavy atom. The van der Waals surface area contributed by atoms with E-state index in [1.54, 1.807) is 0 Å². The van der Waals surface area contributed by atoms with E-state index in [9.17, 15) is 4.21 Å². The van der Waals surface area contributed by atoms with Crippen molar-refractivity contribution in [2.75, 3.05) is 0 Å². The van der Waals surface area contributed by atoms with Crippen LogP contribution in [0.1, 0.15) is 6.42 Å². The molecule has 1 aliphatic carbocycles. The van der Waals surface area contributed by atoms with E-state index in [-0.39, 0.29) is 10.8 Å². The lowest BCUT2D eigenvalue weighted by Crippen LogP contribution is -1.93. The molecule has 3 aliphatic rings. The zero-order valence-electron chi connectivity index (χ0n) is 4.24. The van der Waals surface area contributed by atoms with Gasteiger partial charge in [-0.1, -0.05) is 0 Å². The largest absolute Gasteiger partial charge is 0.259 e. The van der Waals surface area contributed by atoms with Crippen molar-refractivity contribution in [2.45, 2.75) is 27.4 Å². The van der Waals surface area contributed by atoms with Gasteiger partial charge >= 0.3 is 0 Å². The topological polar surface area (TPSA) is 17.1 Å². The Morgan fingerprint density at radius 1 is 1.62 bits per heavy atom. The summed E-state index contributed by atoms with van der Waals surface area (Å²) in [4.78, 5) is 0. The van der Waals surface area contributed by atoms with Gasteiger partial charge in [0.1, 0.15) is 0 Å². The minimum atomic E-state index is -0.366. The zero-order chi connectivity index (χ0) is 5.30. The second-order valence-corrected chi connectivity index (χ2v) is 5.94. The first-order chi connectivity index (χ1) is 3.88. The van der Waals surface area contributed by atoms with Gasteiger partial charge in [0.15, 0.2) is 0 Å². The second-order valence-electron chi connectivity index (χ2n) is 2.71. The van der Waals surface area contributed by atoms with Crippen molar-refractivity contribution in [3.63, 3.8) is 0 Å². The van der Waals surface area contributed by atoms with Crippen LogP contribution in [0.25, 0.3) is 0 Å². The molecule has 44 valence electrons. The molecule has 0 aromatic carbocycles. The van der Waals surface area contributed by atoms with Crippen molar-refractivity contribution in [2.24, 2.45) is 0 Å². The van der Waals surface area contributed by atoms with Crippen LogP contribution in [0.5, 0.6) is 0 Å². The van der Waals surface area contributed by atoms with E-state index < -0.39 is 0 Å². The van der Waals surface area contributed by atoms with Crippen molar-refractivity contribution < 1.29 is 4.21 Å². The molecule has 3 rings (SSSR count). The van der Waals surface area contributed by atoms with Crippen LogP contribution < -0.4 is 0 Å². The van der Waals surface area contributed by atoms with Gasteiger partial charge in [0, 0.05) is 21.3 Å². The molecule has 0 N–H and O–H groups in total. The summed E-state index contributed by atoms with van der Waals surface area (Å²) in [6.45, 7) is 0. The van der Waals surface area contributed by atoms with Crippen LogP contribution in [0.3, 0.4) is 0 Å². The predicted octanol–water partition coefficient (Wildman–Crippen LogP) is 0.374. The molecule has 5 atom stereocenters. The first-order valence-corrected chi connectivity index (χ1v) is 5.14. The van der Waals surface area contributed by atoms with Crippen LogP contribution in [0.4, 0.5) is 0 Å². The van der Waals surface area contributed by atoms with E-state index in [4.69, 9.17) is 0 Å². The summed E-state index contributed by atoms with van der Waals surface area (Å²) in [6, 6.07) is 0. The average molecular weight is 146 g/mol. The van der Waals surface area contributed by atoms with Crippen molar-refractivity contribution in [1.82, 2.24) is 0 Å². The zero-order valence-corrected chi connectivity index (χ0v) is 5.87. The van der Waals surface area contributed by atoms with Gasteiger partial charge in [-0.15, -0.1) is 0 Å². The van der Waals surface area contributed by atoms with Gasteiger partial charge in [0.05, 0.1) is 10.5 Å². The molecule has 2 heterocycles. The lowest BCUT2D eigenvalue weighted by molar-refractivity contribution is 0.689. The summed E-state index contributed by atoms with van der Waals surface area (Å²) in [7, 11) is -0.366. The molecule has 2 aliphatic heterocycles. The van der Waals surface area contributed by atoms with E-state index in [1.807, 2.05) is 11.8 Å². The molecule has 2 saturated heterocycles. The molecule has 1 nitrogen and oxygen atoms in total. The summed E-state index contributed by atoms with van der Waals surface area (Å²) >= 11 is 2.04. The maximum atomic E-state index is 10.8. The van der Waals surface area contributed by atoms with Crippen LogP contribution in [-0.2, 0) is 10.8 Å². The van der Waals surface area contributed by atoms with E-state index in [1.165, 1.54) is 6.42 Å². The summed E-state index contributed by atoms with van der Waals surface area (Å²) in [6.07, 6.45) is 1.27. The van der Waals surface area contributed by atoms with Crippen LogP contribution in [0.2, 0.25) is 0 Å². The SMILES string of the molecule is O=S1C2CC3SC3C21. The highest BCUT2D eigenvalue weighted by Crippen LogP contribution is 2.63. The molecule has 5 unspecified atom stereocenters. The quantitative estimate of drug-likeness (QED) is 0.459. The maximum absolute atomic E-state index is 10.8. The number of hydrogen-bond donors (Lipinski definition) is 0. The van der Waals surface area contributed by atoms with Crippen molar-refractivity contribution in [3.8, 4) is 0 Å². The molecule has 8 heavy (non-hydrogen) atoms. The van der Waals surface area contributed by atoms with E-state index in [2.05, 4.69) is 0 Å². The summed E-state index contributed by atoms with van der Waals surface area (Å²) in [5.74, 6) is 0. The van der Waals surface area contributed by atoms with Gasteiger partial charge in [-0.2, -0.15) is 11.8 Å². The van der Waals surface area contributed by atoms with Gasteiger partial charge in [-0.05, 0) is 6.42 Å². The van der Waals surface area contributed by atoms with E-state index >= 15 is 0 Å². The number of fused-ring (bicyclic) bond motifs is 3. The standard InChI is InChI=1S/C5H6OS2/c6-8-3-1-2-4(7-2)5(3)8/h2-5H,1H2. The highest BCUT2D eigenvalue weighted by atomic mass is 32.2. The van der Waals surface area contributed by atoms with Gasteiger partial charge in [-0.25, -0.2) is 0 Å². The minimum absolute atomic E-state index is 0.366. The molecule has 0 radical (unpaired) electrons. The Kier molecular flexibility index (Phi) is 0.561. The monoisotopic (exact) mass is 146 g/mol. The second kappa shape index (κ2) is 1.03. The molecular formula is C5H6OS2. The van der Waals surface area contributed by atoms with Crippen molar-refractivity contribution in [3.05, 3.63) is 0 Å². The molecule has 0 bridgehead atoms. The Morgan fingerprint density at radius 3 is 3.00 bits per heavy atom. The van der Waals surface area contributed by atoms with E-state index in [0.717, 1.165) is 10.5 Å². The minimum Gasteiger partial charge on any atom is -0.259 e. The van der Waals surface area contributed by atoms with Gasteiger partial charge in [-0.3, -0.25) is 4.21 Å². The first kappa shape index (κ1) is 4.34. The van der Waals surface area contributed by atoms with Crippen LogP contribution in [0.15, 0.2) is 0 Å². The fourth-order valence-electron chi connectivity index (χ4n) is 1.69. The number of rotatable bonds is 0. The highest BCUT2D eigenvalue weighted by molar-refractivity contribution is 8.10. The fraction of sp³-hybridized carbons (Fsp3) is 1.00. The lowest BCUT2D eigenvalue weighted by Gasteiger charge is -1.80. The van der Waals surface area contributed by atoms with Crippen LogP contribution in [-0.4, -0.2) is 25.2 Å². The third-order valence-electron chi connectivity index (χ3n) is 2.27. The molecular weight excluding hydrogens is 140 g/mol. The van der Waals surface area contributed by atoms with Crippen LogP contribution in [0, 0.1) is 0 Å². The predicted molar refractivity (Wildman–Crippen MR) is 35.5 cm³/mol. The van der Waals surface area contributed by atoms with Gasteiger partial charge in [0.2, 0.25) is 0 Å². The molecule has 1 saturated carbocycles. The molecule has 3 fully saturated rings. The fourth-order valence-corrected chi connectivity index (χ4v) is 5.55. The van der Waals surface area contributed by atoms with Crippen molar-refractivity contribution in [1.29, 1.82) is 0 Å². The Bertz CT molecular complexity index is 179. The molecule has 0 aromatic heterocycles. The molecule has 0 aromatic rings. The number of hydrogen-bond acceptors (Lipinski definition) is 2. The molecule has 0 spiro atoms.